The molecule has 2 rings (SSSR count). The SMILES string of the molecule is CCC(CC)N(C)S(=O)(=O)c1cccc2ccccc12. The van der Waals surface area contributed by atoms with Gasteiger partial charge in [0.2, 0.25) is 10.0 Å². The lowest BCUT2D eigenvalue weighted by Crippen LogP contribution is -2.36. The molecule has 0 radical (unpaired) electrons. The molecule has 20 heavy (non-hydrogen) atoms. The van der Waals surface area contributed by atoms with Crippen LogP contribution in [0.5, 0.6) is 0 Å². The largest absolute Gasteiger partial charge is 0.243 e. The fourth-order valence-electron chi connectivity index (χ4n) is 2.57. The standard InChI is InChI=1S/C16H21NO2S/c1-4-14(5-2)17(3)20(18,19)16-12-8-10-13-9-6-7-11-15(13)16/h6-12,14H,4-5H2,1-3H3. The first kappa shape index (κ1) is 15.0. The molecule has 0 N–H and O–H groups in total. The number of nitrogens with zero attached hydrogens (tertiary/aromatic N) is 1. The average molecular weight is 291 g/mol. The van der Waals surface area contributed by atoms with E-state index < -0.39 is 10.0 Å². The van der Waals surface area contributed by atoms with Crippen LogP contribution in [-0.2, 0) is 10.0 Å². The van der Waals surface area contributed by atoms with E-state index in [1.807, 2.05) is 44.2 Å². The van der Waals surface area contributed by atoms with E-state index in [2.05, 4.69) is 0 Å². The van der Waals surface area contributed by atoms with Crippen LogP contribution in [0.15, 0.2) is 47.4 Å². The maximum atomic E-state index is 12.8. The summed E-state index contributed by atoms with van der Waals surface area (Å²) in [5.74, 6) is 0. The maximum absolute atomic E-state index is 12.8. The zero-order chi connectivity index (χ0) is 14.8. The third-order valence-electron chi connectivity index (χ3n) is 3.86. The number of fused-ring (bicyclic) bond motifs is 1. The molecule has 0 unspecified atom stereocenters. The zero-order valence-corrected chi connectivity index (χ0v) is 13.0. The van der Waals surface area contributed by atoms with Crippen molar-refractivity contribution in [3.05, 3.63) is 42.5 Å². The summed E-state index contributed by atoms with van der Waals surface area (Å²) < 4.78 is 27.2. The predicted molar refractivity (Wildman–Crippen MR) is 83.3 cm³/mol. The van der Waals surface area contributed by atoms with Crippen LogP contribution in [0.3, 0.4) is 0 Å². The van der Waals surface area contributed by atoms with Crippen LogP contribution in [-0.4, -0.2) is 25.8 Å². The summed E-state index contributed by atoms with van der Waals surface area (Å²) in [7, 11) is -1.78. The Morgan fingerprint density at radius 2 is 1.60 bits per heavy atom. The lowest BCUT2D eigenvalue weighted by molar-refractivity contribution is 0.350. The van der Waals surface area contributed by atoms with Crippen molar-refractivity contribution in [1.29, 1.82) is 0 Å². The molecule has 0 spiro atoms. The van der Waals surface area contributed by atoms with Crippen molar-refractivity contribution in [2.45, 2.75) is 37.6 Å². The van der Waals surface area contributed by atoms with E-state index in [1.54, 1.807) is 19.2 Å². The zero-order valence-electron chi connectivity index (χ0n) is 12.2. The maximum Gasteiger partial charge on any atom is 0.243 e. The van der Waals surface area contributed by atoms with Gasteiger partial charge in [-0.15, -0.1) is 0 Å². The van der Waals surface area contributed by atoms with Gasteiger partial charge < -0.3 is 0 Å². The third-order valence-corrected chi connectivity index (χ3v) is 5.83. The van der Waals surface area contributed by atoms with Gasteiger partial charge in [-0.2, -0.15) is 4.31 Å². The summed E-state index contributed by atoms with van der Waals surface area (Å²) in [5, 5.41) is 1.74. The van der Waals surface area contributed by atoms with E-state index in [-0.39, 0.29) is 6.04 Å². The summed E-state index contributed by atoms with van der Waals surface area (Å²) in [6, 6.07) is 13.1. The number of benzene rings is 2. The van der Waals surface area contributed by atoms with Crippen LogP contribution in [0.1, 0.15) is 26.7 Å². The van der Waals surface area contributed by atoms with Crippen LogP contribution in [0.2, 0.25) is 0 Å². The fourth-order valence-corrected chi connectivity index (χ4v) is 4.29. The second kappa shape index (κ2) is 5.94. The van der Waals surface area contributed by atoms with Gasteiger partial charge in [0, 0.05) is 18.5 Å². The van der Waals surface area contributed by atoms with Crippen molar-refractivity contribution in [1.82, 2.24) is 4.31 Å². The summed E-state index contributed by atoms with van der Waals surface area (Å²) in [4.78, 5) is 0.394. The number of rotatable bonds is 5. The fraction of sp³-hybridized carbons (Fsp3) is 0.375. The van der Waals surface area contributed by atoms with Crippen LogP contribution >= 0.6 is 0 Å². The molecule has 2 aromatic rings. The van der Waals surface area contributed by atoms with Crippen molar-refractivity contribution in [3.63, 3.8) is 0 Å². The number of sulfonamides is 1. The van der Waals surface area contributed by atoms with E-state index in [0.29, 0.717) is 4.90 Å². The predicted octanol–water partition coefficient (Wildman–Crippen LogP) is 3.65. The number of hydrogen-bond donors (Lipinski definition) is 0. The van der Waals surface area contributed by atoms with Gasteiger partial charge in [0.05, 0.1) is 4.90 Å². The van der Waals surface area contributed by atoms with Crippen molar-refractivity contribution < 1.29 is 8.42 Å². The van der Waals surface area contributed by atoms with E-state index in [0.717, 1.165) is 23.6 Å². The lowest BCUT2D eigenvalue weighted by atomic mass is 10.1. The monoisotopic (exact) mass is 291 g/mol. The molecule has 0 fully saturated rings. The number of hydrogen-bond acceptors (Lipinski definition) is 2. The van der Waals surface area contributed by atoms with Crippen LogP contribution in [0, 0.1) is 0 Å². The molecule has 0 heterocycles. The Bertz CT molecular complexity index is 685. The molecule has 0 aliphatic heterocycles. The van der Waals surface area contributed by atoms with E-state index in [4.69, 9.17) is 0 Å². The van der Waals surface area contributed by atoms with E-state index in [9.17, 15) is 8.42 Å². The molecule has 0 saturated heterocycles. The highest BCUT2D eigenvalue weighted by atomic mass is 32.2. The molecule has 0 aliphatic rings. The second-order valence-corrected chi connectivity index (χ2v) is 6.93. The molecule has 108 valence electrons. The molecule has 0 amide bonds. The smallest absolute Gasteiger partial charge is 0.207 e. The van der Waals surface area contributed by atoms with Crippen molar-refractivity contribution in [3.8, 4) is 0 Å². The Kier molecular flexibility index (Phi) is 4.45. The molecule has 3 nitrogen and oxygen atoms in total. The first-order valence-electron chi connectivity index (χ1n) is 6.98. The molecule has 0 aromatic heterocycles. The summed E-state index contributed by atoms with van der Waals surface area (Å²) in [5.41, 5.74) is 0. The van der Waals surface area contributed by atoms with Gasteiger partial charge in [-0.1, -0.05) is 50.2 Å². The summed E-state index contributed by atoms with van der Waals surface area (Å²) >= 11 is 0. The Morgan fingerprint density at radius 1 is 1.00 bits per heavy atom. The van der Waals surface area contributed by atoms with Gasteiger partial charge in [0.15, 0.2) is 0 Å². The quantitative estimate of drug-likeness (QED) is 0.843. The van der Waals surface area contributed by atoms with Crippen LogP contribution < -0.4 is 0 Å². The van der Waals surface area contributed by atoms with Crippen molar-refractivity contribution in [2.24, 2.45) is 0 Å². The molecular weight excluding hydrogens is 270 g/mol. The van der Waals surface area contributed by atoms with Gasteiger partial charge in [0.1, 0.15) is 0 Å². The Labute approximate surface area is 121 Å². The highest BCUT2D eigenvalue weighted by Gasteiger charge is 2.27. The van der Waals surface area contributed by atoms with Crippen molar-refractivity contribution in [2.75, 3.05) is 7.05 Å². The molecule has 0 saturated carbocycles. The molecule has 0 bridgehead atoms. The third kappa shape index (κ3) is 2.58. The second-order valence-electron chi connectivity index (χ2n) is 4.97. The minimum atomic E-state index is -3.46. The molecule has 0 atom stereocenters. The van der Waals surface area contributed by atoms with Gasteiger partial charge in [0.25, 0.3) is 0 Å². The first-order chi connectivity index (χ1) is 9.52. The van der Waals surface area contributed by atoms with E-state index >= 15 is 0 Å². The van der Waals surface area contributed by atoms with Gasteiger partial charge >= 0.3 is 0 Å². The Hall–Kier alpha value is -1.39. The normalized spacial score (nSPS) is 12.4. The van der Waals surface area contributed by atoms with Crippen LogP contribution in [0.4, 0.5) is 0 Å². The highest BCUT2D eigenvalue weighted by molar-refractivity contribution is 7.89. The highest BCUT2D eigenvalue weighted by Crippen LogP contribution is 2.26. The molecule has 4 heteroatoms. The minimum absolute atomic E-state index is 0.0407. The molecule has 0 aliphatic carbocycles. The Morgan fingerprint density at radius 3 is 2.25 bits per heavy atom. The van der Waals surface area contributed by atoms with Gasteiger partial charge in [-0.05, 0) is 24.3 Å². The molecule has 2 aromatic carbocycles. The van der Waals surface area contributed by atoms with Crippen LogP contribution in [0.25, 0.3) is 10.8 Å². The van der Waals surface area contributed by atoms with Gasteiger partial charge in [-0.3, -0.25) is 0 Å². The lowest BCUT2D eigenvalue weighted by Gasteiger charge is -2.26. The summed E-state index contributed by atoms with van der Waals surface area (Å²) in [6.07, 6.45) is 1.63. The minimum Gasteiger partial charge on any atom is -0.207 e. The first-order valence-corrected chi connectivity index (χ1v) is 8.42. The van der Waals surface area contributed by atoms with E-state index in [1.165, 1.54) is 4.31 Å². The Balaban J connectivity index is 2.57. The molecular formula is C16H21NO2S. The average Bonchev–Trinajstić information content (AvgIpc) is 2.47. The van der Waals surface area contributed by atoms with Crippen molar-refractivity contribution >= 4 is 20.8 Å². The topological polar surface area (TPSA) is 37.4 Å². The summed E-state index contributed by atoms with van der Waals surface area (Å²) in [6.45, 7) is 4.03. The van der Waals surface area contributed by atoms with Gasteiger partial charge in [-0.25, -0.2) is 8.42 Å².